The third kappa shape index (κ3) is 5.13. The van der Waals surface area contributed by atoms with Crippen molar-refractivity contribution in [2.24, 2.45) is 4.99 Å². The fourth-order valence-electron chi connectivity index (χ4n) is 3.25. The van der Waals surface area contributed by atoms with Gasteiger partial charge in [0.15, 0.2) is 5.96 Å². The maximum atomic E-state index is 5.89. The monoisotopic (exact) mass is 330 g/mol. The van der Waals surface area contributed by atoms with Crippen molar-refractivity contribution >= 4 is 5.96 Å². The van der Waals surface area contributed by atoms with E-state index in [0.717, 1.165) is 24.3 Å². The van der Waals surface area contributed by atoms with E-state index in [1.807, 2.05) is 37.4 Å². The molecule has 1 aliphatic heterocycles. The van der Waals surface area contributed by atoms with Crippen LogP contribution in [0.4, 0.5) is 0 Å². The van der Waals surface area contributed by atoms with Gasteiger partial charge in [-0.25, -0.2) is 0 Å². The van der Waals surface area contributed by atoms with Crippen LogP contribution in [0, 0.1) is 0 Å². The van der Waals surface area contributed by atoms with Crippen molar-refractivity contribution < 1.29 is 4.74 Å². The molecule has 1 saturated carbocycles. The molecule has 0 aromatic heterocycles. The summed E-state index contributed by atoms with van der Waals surface area (Å²) in [7, 11) is 1.83. The first-order chi connectivity index (χ1) is 11.7. The average molecular weight is 330 g/mol. The van der Waals surface area contributed by atoms with E-state index < -0.39 is 0 Å². The van der Waals surface area contributed by atoms with Gasteiger partial charge in [0.05, 0.1) is 6.54 Å². The van der Waals surface area contributed by atoms with Crippen molar-refractivity contribution in [2.45, 2.75) is 50.8 Å². The van der Waals surface area contributed by atoms with Crippen LogP contribution in [0.5, 0.6) is 5.75 Å². The summed E-state index contributed by atoms with van der Waals surface area (Å²) in [4.78, 5) is 7.00. The van der Waals surface area contributed by atoms with Gasteiger partial charge in [0.1, 0.15) is 11.9 Å². The summed E-state index contributed by atoms with van der Waals surface area (Å²) in [6.07, 6.45) is 5.30. The highest BCUT2D eigenvalue weighted by Crippen LogP contribution is 2.29. The van der Waals surface area contributed by atoms with Crippen LogP contribution in [-0.2, 0) is 0 Å². The van der Waals surface area contributed by atoms with Gasteiger partial charge in [-0.1, -0.05) is 18.2 Å². The highest BCUT2D eigenvalue weighted by molar-refractivity contribution is 5.80. The van der Waals surface area contributed by atoms with Gasteiger partial charge in [-0.2, -0.15) is 0 Å². The lowest BCUT2D eigenvalue weighted by atomic mass is 10.1. The van der Waals surface area contributed by atoms with Crippen LogP contribution in [-0.4, -0.2) is 55.7 Å². The molecule has 1 unspecified atom stereocenters. The highest BCUT2D eigenvalue weighted by atomic mass is 16.5. The molecular weight excluding hydrogens is 300 g/mol. The Bertz CT molecular complexity index is 521. The van der Waals surface area contributed by atoms with Crippen molar-refractivity contribution in [3.05, 3.63) is 30.3 Å². The zero-order valence-corrected chi connectivity index (χ0v) is 14.9. The molecule has 1 atom stereocenters. The molecule has 1 saturated heterocycles. The van der Waals surface area contributed by atoms with E-state index in [-0.39, 0.29) is 6.10 Å². The first kappa shape index (κ1) is 17.1. The zero-order chi connectivity index (χ0) is 16.8. The van der Waals surface area contributed by atoms with Gasteiger partial charge in [-0.15, -0.1) is 0 Å². The van der Waals surface area contributed by atoms with Crippen LogP contribution in [0.2, 0.25) is 0 Å². The fraction of sp³-hybridized carbons (Fsp3) is 0.632. The number of rotatable bonds is 6. The van der Waals surface area contributed by atoms with Crippen LogP contribution in [0.15, 0.2) is 35.3 Å². The van der Waals surface area contributed by atoms with Crippen molar-refractivity contribution in [2.75, 3.05) is 26.7 Å². The molecule has 0 amide bonds. The summed E-state index contributed by atoms with van der Waals surface area (Å²) in [6.45, 7) is 5.23. The van der Waals surface area contributed by atoms with Crippen molar-refractivity contribution in [3.8, 4) is 5.75 Å². The Hall–Kier alpha value is -1.75. The van der Waals surface area contributed by atoms with Crippen LogP contribution in [0.1, 0.15) is 32.6 Å². The van der Waals surface area contributed by atoms with Gasteiger partial charge in [0, 0.05) is 32.2 Å². The molecule has 132 valence electrons. The predicted molar refractivity (Wildman–Crippen MR) is 98.6 cm³/mol. The molecule has 0 spiro atoms. The second kappa shape index (κ2) is 8.38. The van der Waals surface area contributed by atoms with Crippen LogP contribution in [0.3, 0.4) is 0 Å². The van der Waals surface area contributed by atoms with Crippen molar-refractivity contribution in [1.29, 1.82) is 0 Å². The number of ether oxygens (including phenoxy) is 1. The Morgan fingerprint density at radius 3 is 2.54 bits per heavy atom. The standard InChI is InChI=1S/C19H30N4O/c1-15(24-18-6-4-3-5-7-18)14-21-19(20-2)22-16-10-12-23(13-11-16)17-8-9-17/h3-7,15-17H,8-14H2,1-2H3,(H2,20,21,22). The number of guanidine groups is 1. The molecule has 1 aromatic rings. The van der Waals surface area contributed by atoms with E-state index >= 15 is 0 Å². The molecule has 5 nitrogen and oxygen atoms in total. The summed E-state index contributed by atoms with van der Waals surface area (Å²) in [5.74, 6) is 1.78. The van der Waals surface area contributed by atoms with Crippen LogP contribution >= 0.6 is 0 Å². The molecule has 3 rings (SSSR count). The number of nitrogens with one attached hydrogen (secondary N) is 2. The first-order valence-corrected chi connectivity index (χ1v) is 9.17. The van der Waals surface area contributed by atoms with Gasteiger partial charge in [0.2, 0.25) is 0 Å². The summed E-state index contributed by atoms with van der Waals surface area (Å²) >= 11 is 0. The number of hydrogen-bond acceptors (Lipinski definition) is 3. The lowest BCUT2D eigenvalue weighted by Gasteiger charge is -2.33. The normalized spacial score (nSPS) is 21.3. The molecule has 2 aliphatic rings. The number of hydrogen-bond donors (Lipinski definition) is 2. The highest BCUT2D eigenvalue weighted by Gasteiger charge is 2.31. The lowest BCUT2D eigenvalue weighted by molar-refractivity contribution is 0.196. The summed E-state index contributed by atoms with van der Waals surface area (Å²) in [6, 6.07) is 11.4. The fourth-order valence-corrected chi connectivity index (χ4v) is 3.25. The Labute approximate surface area is 145 Å². The Kier molecular flexibility index (Phi) is 5.96. The minimum atomic E-state index is 0.0858. The summed E-state index contributed by atoms with van der Waals surface area (Å²) < 4.78 is 5.89. The van der Waals surface area contributed by atoms with Gasteiger partial charge < -0.3 is 20.3 Å². The van der Waals surface area contributed by atoms with Crippen molar-refractivity contribution in [3.63, 3.8) is 0 Å². The molecule has 24 heavy (non-hydrogen) atoms. The minimum Gasteiger partial charge on any atom is -0.489 e. The van der Waals surface area contributed by atoms with E-state index in [1.165, 1.54) is 38.8 Å². The smallest absolute Gasteiger partial charge is 0.191 e. The van der Waals surface area contributed by atoms with Gasteiger partial charge in [-0.3, -0.25) is 4.99 Å². The SMILES string of the molecule is CN=C(NCC(C)Oc1ccccc1)NC1CCN(C2CC2)CC1. The maximum Gasteiger partial charge on any atom is 0.191 e. The Morgan fingerprint density at radius 2 is 1.92 bits per heavy atom. The third-order valence-corrected chi connectivity index (χ3v) is 4.79. The Balaban J connectivity index is 1.37. The topological polar surface area (TPSA) is 48.9 Å². The quantitative estimate of drug-likeness (QED) is 0.620. The molecule has 5 heteroatoms. The molecule has 2 fully saturated rings. The number of likely N-dealkylation sites (tertiary alicyclic amines) is 1. The van der Waals surface area contributed by atoms with Gasteiger partial charge in [-0.05, 0) is 44.7 Å². The van der Waals surface area contributed by atoms with E-state index in [4.69, 9.17) is 4.74 Å². The second-order valence-electron chi connectivity index (χ2n) is 6.88. The largest absolute Gasteiger partial charge is 0.489 e. The predicted octanol–water partition coefficient (Wildman–Crippen LogP) is 2.25. The van der Waals surface area contributed by atoms with Crippen LogP contribution in [0.25, 0.3) is 0 Å². The number of nitrogens with zero attached hydrogens (tertiary/aromatic N) is 2. The zero-order valence-electron chi connectivity index (χ0n) is 14.9. The van der Waals surface area contributed by atoms with Gasteiger partial charge >= 0.3 is 0 Å². The van der Waals surface area contributed by atoms with Crippen molar-refractivity contribution in [1.82, 2.24) is 15.5 Å². The average Bonchev–Trinajstić information content (AvgIpc) is 3.45. The van der Waals surface area contributed by atoms with Gasteiger partial charge in [0.25, 0.3) is 0 Å². The van der Waals surface area contributed by atoms with E-state index in [0.29, 0.717) is 6.04 Å². The minimum absolute atomic E-state index is 0.0858. The molecule has 0 bridgehead atoms. The first-order valence-electron chi connectivity index (χ1n) is 9.17. The lowest BCUT2D eigenvalue weighted by Crippen LogP contribution is -2.50. The molecule has 1 aromatic carbocycles. The molecule has 0 radical (unpaired) electrons. The number of para-hydroxylation sites is 1. The number of benzene rings is 1. The van der Waals surface area contributed by atoms with E-state index in [2.05, 4.69) is 27.4 Å². The maximum absolute atomic E-state index is 5.89. The molecule has 1 heterocycles. The number of piperidine rings is 1. The Morgan fingerprint density at radius 1 is 1.21 bits per heavy atom. The number of aliphatic imine (C=N–C) groups is 1. The third-order valence-electron chi connectivity index (χ3n) is 4.79. The summed E-state index contributed by atoms with van der Waals surface area (Å²) in [5, 5.41) is 6.94. The van der Waals surface area contributed by atoms with E-state index in [1.54, 1.807) is 0 Å². The molecular formula is C19H30N4O. The molecule has 2 N–H and O–H groups in total. The second-order valence-corrected chi connectivity index (χ2v) is 6.88. The van der Waals surface area contributed by atoms with Crippen LogP contribution < -0.4 is 15.4 Å². The van der Waals surface area contributed by atoms with E-state index in [9.17, 15) is 0 Å². The summed E-state index contributed by atoms with van der Waals surface area (Å²) in [5.41, 5.74) is 0. The molecule has 1 aliphatic carbocycles.